The van der Waals surface area contributed by atoms with Crippen molar-refractivity contribution < 1.29 is 18.0 Å². The molecule has 0 amide bonds. The Hall–Kier alpha value is -1.52. The molecule has 0 saturated heterocycles. The van der Waals surface area contributed by atoms with E-state index in [1.165, 1.54) is 18.6 Å². The molecule has 0 unspecified atom stereocenters. The summed E-state index contributed by atoms with van der Waals surface area (Å²) in [5.41, 5.74) is 0.0259. The molecule has 2 nitrogen and oxygen atoms in total. The Labute approximate surface area is 103 Å². The first-order chi connectivity index (χ1) is 8.55. The zero-order valence-electron chi connectivity index (χ0n) is 9.78. The van der Waals surface area contributed by atoms with Crippen molar-refractivity contribution in [2.24, 2.45) is 11.1 Å². The quantitative estimate of drug-likeness (QED) is 0.590. The molecular formula is C13H14F3NO. The molecule has 18 heavy (non-hydrogen) atoms. The SMILES string of the molecule is FC(F)(F)c1ccc(CON=CC2CCC2)cc1. The van der Waals surface area contributed by atoms with Crippen molar-refractivity contribution >= 4 is 6.21 Å². The highest BCUT2D eigenvalue weighted by molar-refractivity contribution is 5.60. The summed E-state index contributed by atoms with van der Waals surface area (Å²) in [5, 5.41) is 3.81. The van der Waals surface area contributed by atoms with Crippen LogP contribution in [0.5, 0.6) is 0 Å². The van der Waals surface area contributed by atoms with Gasteiger partial charge in [0.25, 0.3) is 0 Å². The predicted octanol–water partition coefficient (Wildman–Crippen LogP) is 4.01. The highest BCUT2D eigenvalue weighted by atomic mass is 19.4. The fourth-order valence-electron chi connectivity index (χ4n) is 1.62. The molecule has 0 atom stereocenters. The molecule has 0 N–H and O–H groups in total. The Bertz CT molecular complexity index is 407. The van der Waals surface area contributed by atoms with Gasteiger partial charge < -0.3 is 4.84 Å². The summed E-state index contributed by atoms with van der Waals surface area (Å²) in [4.78, 5) is 5.04. The van der Waals surface area contributed by atoms with Crippen LogP contribution in [0.25, 0.3) is 0 Å². The van der Waals surface area contributed by atoms with Crippen LogP contribution in [0.2, 0.25) is 0 Å². The summed E-state index contributed by atoms with van der Waals surface area (Å²) in [6.07, 6.45) is 1.01. The number of benzene rings is 1. The van der Waals surface area contributed by atoms with E-state index in [1.807, 2.05) is 0 Å². The lowest BCUT2D eigenvalue weighted by atomic mass is 9.87. The van der Waals surface area contributed by atoms with Gasteiger partial charge in [0, 0.05) is 6.21 Å². The summed E-state index contributed by atoms with van der Waals surface area (Å²) in [6, 6.07) is 4.91. The molecule has 1 aliphatic rings. The topological polar surface area (TPSA) is 21.6 Å². The van der Waals surface area contributed by atoms with Crippen molar-refractivity contribution in [3.63, 3.8) is 0 Å². The van der Waals surface area contributed by atoms with Gasteiger partial charge in [-0.25, -0.2) is 0 Å². The van der Waals surface area contributed by atoms with Crippen LogP contribution in [0, 0.1) is 5.92 Å². The van der Waals surface area contributed by atoms with Crippen LogP contribution in [0.15, 0.2) is 29.4 Å². The van der Waals surface area contributed by atoms with E-state index >= 15 is 0 Å². The first kappa shape index (κ1) is 12.9. The Morgan fingerprint density at radius 2 is 1.89 bits per heavy atom. The van der Waals surface area contributed by atoms with Gasteiger partial charge in [0.1, 0.15) is 6.61 Å². The molecule has 1 fully saturated rings. The lowest BCUT2D eigenvalue weighted by Crippen LogP contribution is -2.11. The molecule has 1 aliphatic carbocycles. The van der Waals surface area contributed by atoms with E-state index in [-0.39, 0.29) is 6.61 Å². The molecule has 5 heteroatoms. The average molecular weight is 257 g/mol. The molecule has 0 spiro atoms. The minimum Gasteiger partial charge on any atom is -0.391 e. The zero-order chi connectivity index (χ0) is 13.0. The highest BCUT2D eigenvalue weighted by Crippen LogP contribution is 2.29. The summed E-state index contributed by atoms with van der Waals surface area (Å²) in [6.45, 7) is 0.196. The predicted molar refractivity (Wildman–Crippen MR) is 62.1 cm³/mol. The van der Waals surface area contributed by atoms with Crippen molar-refractivity contribution in [1.29, 1.82) is 0 Å². The largest absolute Gasteiger partial charge is 0.416 e. The molecule has 2 rings (SSSR count). The Morgan fingerprint density at radius 3 is 2.39 bits per heavy atom. The highest BCUT2D eigenvalue weighted by Gasteiger charge is 2.29. The summed E-state index contributed by atoms with van der Waals surface area (Å²) >= 11 is 0. The van der Waals surface area contributed by atoms with Gasteiger partial charge in [-0.1, -0.05) is 23.7 Å². The molecule has 98 valence electrons. The summed E-state index contributed by atoms with van der Waals surface area (Å²) < 4.78 is 36.9. The minimum atomic E-state index is -4.29. The van der Waals surface area contributed by atoms with Gasteiger partial charge in [0.05, 0.1) is 5.56 Å². The molecule has 0 bridgehead atoms. The molecule has 1 aromatic carbocycles. The van der Waals surface area contributed by atoms with E-state index in [2.05, 4.69) is 5.16 Å². The standard InChI is InChI=1S/C13H14F3NO/c14-13(15,16)12-6-4-11(5-7-12)9-18-17-8-10-2-1-3-10/h4-8,10H,1-3,9H2. The molecular weight excluding hydrogens is 243 g/mol. The molecule has 0 heterocycles. The lowest BCUT2D eigenvalue weighted by Gasteiger charge is -2.19. The van der Waals surface area contributed by atoms with E-state index < -0.39 is 11.7 Å². The van der Waals surface area contributed by atoms with Crippen molar-refractivity contribution in [1.82, 2.24) is 0 Å². The first-order valence-corrected chi connectivity index (χ1v) is 5.87. The van der Waals surface area contributed by atoms with Crippen LogP contribution >= 0.6 is 0 Å². The number of alkyl halides is 3. The number of oxime groups is 1. The third-order valence-electron chi connectivity index (χ3n) is 3.01. The van der Waals surface area contributed by atoms with Crippen LogP contribution in [0.3, 0.4) is 0 Å². The fraction of sp³-hybridized carbons (Fsp3) is 0.462. The maximum atomic E-state index is 12.3. The second kappa shape index (κ2) is 5.42. The van der Waals surface area contributed by atoms with Crippen LogP contribution < -0.4 is 0 Å². The van der Waals surface area contributed by atoms with E-state index in [1.54, 1.807) is 6.21 Å². The molecule has 1 saturated carbocycles. The third-order valence-corrected chi connectivity index (χ3v) is 3.01. The van der Waals surface area contributed by atoms with E-state index in [0.29, 0.717) is 11.5 Å². The van der Waals surface area contributed by atoms with Crippen molar-refractivity contribution in [3.8, 4) is 0 Å². The van der Waals surface area contributed by atoms with Crippen molar-refractivity contribution in [2.45, 2.75) is 32.0 Å². The summed E-state index contributed by atoms with van der Waals surface area (Å²) in [7, 11) is 0. The molecule has 0 radical (unpaired) electrons. The number of nitrogens with zero attached hydrogens (tertiary/aromatic N) is 1. The van der Waals surface area contributed by atoms with Crippen LogP contribution in [-0.2, 0) is 17.6 Å². The van der Waals surface area contributed by atoms with Gasteiger partial charge in [-0.05, 0) is 36.5 Å². The number of hydrogen-bond acceptors (Lipinski definition) is 2. The maximum Gasteiger partial charge on any atom is 0.416 e. The van der Waals surface area contributed by atoms with Gasteiger partial charge in [0.15, 0.2) is 0 Å². The fourth-order valence-corrected chi connectivity index (χ4v) is 1.62. The third kappa shape index (κ3) is 3.48. The second-order valence-electron chi connectivity index (χ2n) is 4.41. The Morgan fingerprint density at radius 1 is 1.22 bits per heavy atom. The molecule has 1 aromatic rings. The number of rotatable bonds is 4. The zero-order valence-corrected chi connectivity index (χ0v) is 9.78. The Kier molecular flexibility index (Phi) is 3.89. The van der Waals surface area contributed by atoms with Gasteiger partial charge in [0.2, 0.25) is 0 Å². The van der Waals surface area contributed by atoms with Gasteiger partial charge in [-0.3, -0.25) is 0 Å². The summed E-state index contributed by atoms with van der Waals surface area (Å²) in [5.74, 6) is 0.512. The van der Waals surface area contributed by atoms with Gasteiger partial charge in [-0.2, -0.15) is 13.2 Å². The van der Waals surface area contributed by atoms with E-state index in [4.69, 9.17) is 4.84 Å². The van der Waals surface area contributed by atoms with Gasteiger partial charge >= 0.3 is 6.18 Å². The normalized spacial score (nSPS) is 16.8. The number of halogens is 3. The van der Waals surface area contributed by atoms with Gasteiger partial charge in [-0.15, -0.1) is 0 Å². The first-order valence-electron chi connectivity index (χ1n) is 5.87. The van der Waals surface area contributed by atoms with Crippen molar-refractivity contribution in [2.75, 3.05) is 0 Å². The average Bonchev–Trinajstić information content (AvgIpc) is 2.26. The monoisotopic (exact) mass is 257 g/mol. The molecule has 0 aromatic heterocycles. The number of hydrogen-bond donors (Lipinski definition) is 0. The Balaban J connectivity index is 1.81. The van der Waals surface area contributed by atoms with E-state index in [0.717, 1.165) is 25.0 Å². The second-order valence-corrected chi connectivity index (χ2v) is 4.41. The van der Waals surface area contributed by atoms with Crippen LogP contribution in [0.1, 0.15) is 30.4 Å². The lowest BCUT2D eigenvalue weighted by molar-refractivity contribution is -0.137. The molecule has 0 aliphatic heterocycles. The maximum absolute atomic E-state index is 12.3. The van der Waals surface area contributed by atoms with Crippen molar-refractivity contribution in [3.05, 3.63) is 35.4 Å². The minimum absolute atomic E-state index is 0.196. The van der Waals surface area contributed by atoms with Crippen LogP contribution in [-0.4, -0.2) is 6.21 Å². The smallest absolute Gasteiger partial charge is 0.391 e. The van der Waals surface area contributed by atoms with Crippen LogP contribution in [0.4, 0.5) is 13.2 Å². The van der Waals surface area contributed by atoms with E-state index in [9.17, 15) is 13.2 Å².